The summed E-state index contributed by atoms with van der Waals surface area (Å²) in [5.41, 5.74) is 1.46. The van der Waals surface area contributed by atoms with Crippen LogP contribution in [0.25, 0.3) is 0 Å². The van der Waals surface area contributed by atoms with Gasteiger partial charge in [0.15, 0.2) is 0 Å². The van der Waals surface area contributed by atoms with Crippen molar-refractivity contribution in [2.24, 2.45) is 99.1 Å². The molecule has 5 aliphatic carbocycles. The molecule has 0 heteroatoms. The van der Waals surface area contributed by atoms with E-state index in [0.717, 1.165) is 82.9 Å². The van der Waals surface area contributed by atoms with Crippen LogP contribution in [0.3, 0.4) is 0 Å². The molecule has 0 spiro atoms. The smallest absolute Gasteiger partial charge is 0.0215 e. The van der Waals surface area contributed by atoms with Gasteiger partial charge in [-0.15, -0.1) is 0 Å². The Bertz CT molecular complexity index is 818. The van der Waals surface area contributed by atoms with Gasteiger partial charge in [-0.2, -0.15) is 0 Å². The minimum atomic E-state index is 0.458. The van der Waals surface area contributed by atoms with Crippen LogP contribution < -0.4 is 0 Å². The Balaban J connectivity index is 1.55. The van der Waals surface area contributed by atoms with Gasteiger partial charge in [0.2, 0.25) is 0 Å². The van der Waals surface area contributed by atoms with Crippen LogP contribution in [0.15, 0.2) is 0 Å². The number of fused-ring (bicyclic) bond motifs is 3. The summed E-state index contributed by atoms with van der Waals surface area (Å²) in [6, 6.07) is 0. The van der Waals surface area contributed by atoms with Crippen LogP contribution in [0.1, 0.15) is 134 Å². The predicted octanol–water partition coefficient (Wildman–Crippen LogP) is 11.0. The van der Waals surface area contributed by atoms with E-state index in [1.165, 1.54) is 44.9 Å². The lowest BCUT2D eigenvalue weighted by Crippen LogP contribution is -2.67. The minimum Gasteiger partial charge on any atom is -0.0625 e. The highest BCUT2D eigenvalue weighted by molar-refractivity contribution is 5.17. The van der Waals surface area contributed by atoms with Crippen molar-refractivity contribution in [3.63, 3.8) is 0 Å². The van der Waals surface area contributed by atoms with Crippen LogP contribution in [-0.2, 0) is 0 Å². The summed E-state index contributed by atoms with van der Waals surface area (Å²) in [5, 5.41) is 0. The number of hydrogen-bond donors (Lipinski definition) is 0. The lowest BCUT2D eigenvalue weighted by atomic mass is 9.31. The molecule has 0 amide bonds. The van der Waals surface area contributed by atoms with Gasteiger partial charge in [0.25, 0.3) is 0 Å². The maximum Gasteiger partial charge on any atom is -0.0215 e. The number of rotatable bonds is 3. The van der Waals surface area contributed by atoms with E-state index in [2.05, 4.69) is 83.1 Å². The van der Waals surface area contributed by atoms with Gasteiger partial charge in [-0.3, -0.25) is 0 Å². The molecule has 0 nitrogen and oxygen atoms in total. The molecule has 0 saturated heterocycles. The molecule has 14 unspecified atom stereocenters. The highest BCUT2D eigenvalue weighted by Crippen LogP contribution is 2.75. The first-order chi connectivity index (χ1) is 17.2. The zero-order valence-electron chi connectivity index (χ0n) is 27.2. The Kier molecular flexibility index (Phi) is 7.35. The van der Waals surface area contributed by atoms with E-state index < -0.39 is 0 Å². The van der Waals surface area contributed by atoms with E-state index >= 15 is 0 Å². The summed E-state index contributed by atoms with van der Waals surface area (Å²) in [5.74, 6) is 12.7. The second-order valence-electron chi connectivity index (χ2n) is 17.8. The fourth-order valence-corrected chi connectivity index (χ4v) is 14.6. The summed E-state index contributed by atoms with van der Waals surface area (Å²) >= 11 is 0. The predicted molar refractivity (Wildman–Crippen MR) is 161 cm³/mol. The Morgan fingerprint density at radius 2 is 1.32 bits per heavy atom. The van der Waals surface area contributed by atoms with E-state index in [1.54, 1.807) is 6.42 Å². The third-order valence-corrected chi connectivity index (χ3v) is 15.7. The van der Waals surface area contributed by atoms with Crippen LogP contribution in [0.5, 0.6) is 0 Å². The Morgan fingerprint density at radius 3 is 1.89 bits per heavy atom. The van der Waals surface area contributed by atoms with Gasteiger partial charge in [0, 0.05) is 0 Å². The zero-order chi connectivity index (χ0) is 27.2. The van der Waals surface area contributed by atoms with Gasteiger partial charge in [-0.1, -0.05) is 109 Å². The van der Waals surface area contributed by atoms with Crippen LogP contribution in [0, 0.1) is 99.1 Å². The van der Waals surface area contributed by atoms with Crippen molar-refractivity contribution >= 4 is 0 Å². The third-order valence-electron chi connectivity index (χ3n) is 15.7. The van der Waals surface area contributed by atoms with Crippen molar-refractivity contribution in [1.29, 1.82) is 0 Å². The van der Waals surface area contributed by atoms with Crippen molar-refractivity contribution in [2.75, 3.05) is 0 Å². The summed E-state index contributed by atoms with van der Waals surface area (Å²) in [7, 11) is 0. The molecule has 5 aliphatic rings. The van der Waals surface area contributed by atoms with Gasteiger partial charge in [-0.05, 0) is 125 Å². The molecule has 0 N–H and O–H groups in total. The van der Waals surface area contributed by atoms with Crippen molar-refractivity contribution in [3.8, 4) is 0 Å². The molecule has 0 aromatic rings. The maximum atomic E-state index is 2.81. The van der Waals surface area contributed by atoms with E-state index in [9.17, 15) is 0 Å². The maximum absolute atomic E-state index is 2.81. The lowest BCUT2D eigenvalue weighted by molar-refractivity contribution is -0.251. The fraction of sp³-hybridized carbons (Fsp3) is 1.00. The molecule has 0 radical (unpaired) electrons. The summed E-state index contributed by atoms with van der Waals surface area (Å²) in [6.45, 7) is 32.2. The molecule has 0 bridgehead atoms. The van der Waals surface area contributed by atoms with Crippen molar-refractivity contribution < 1.29 is 0 Å². The first-order valence-electron chi connectivity index (χ1n) is 17.2. The average Bonchev–Trinajstić information content (AvgIpc) is 3.30. The summed E-state index contributed by atoms with van der Waals surface area (Å²) in [4.78, 5) is 0. The molecular weight excluding hydrogens is 444 g/mol. The van der Waals surface area contributed by atoms with Crippen molar-refractivity contribution in [2.45, 2.75) is 134 Å². The molecular formula is C37H66. The average molecular weight is 511 g/mol. The third kappa shape index (κ3) is 4.00. The molecule has 5 rings (SSSR count). The van der Waals surface area contributed by atoms with E-state index in [4.69, 9.17) is 0 Å². The molecule has 5 saturated carbocycles. The Hall–Kier alpha value is 0. The summed E-state index contributed by atoms with van der Waals surface area (Å²) < 4.78 is 0. The second kappa shape index (κ2) is 9.54. The first kappa shape index (κ1) is 28.5. The van der Waals surface area contributed by atoms with Crippen LogP contribution in [0.4, 0.5) is 0 Å². The van der Waals surface area contributed by atoms with E-state index in [-0.39, 0.29) is 0 Å². The quantitative estimate of drug-likeness (QED) is 0.354. The highest BCUT2D eigenvalue weighted by Gasteiger charge is 2.69. The van der Waals surface area contributed by atoms with Gasteiger partial charge >= 0.3 is 0 Å². The molecule has 0 aromatic heterocycles. The molecule has 0 aliphatic heterocycles. The van der Waals surface area contributed by atoms with Crippen molar-refractivity contribution in [3.05, 3.63) is 0 Å². The monoisotopic (exact) mass is 511 g/mol. The molecule has 37 heavy (non-hydrogen) atoms. The second-order valence-corrected chi connectivity index (χ2v) is 17.8. The van der Waals surface area contributed by atoms with Gasteiger partial charge < -0.3 is 0 Å². The van der Waals surface area contributed by atoms with Gasteiger partial charge in [0.1, 0.15) is 0 Å². The van der Waals surface area contributed by atoms with Crippen LogP contribution >= 0.6 is 0 Å². The standard InChI is InChI=1S/C37H66/c1-21(2)29-17-30(28-15-13-14-16-28)24(6)33-25(7)34-27(9)37(12)26(8)32(22(3)4)23(5)18-36(37,11)20-35(34,10)19-31(29)33/h21-34H,13-20H2,1-12H3. The van der Waals surface area contributed by atoms with Crippen LogP contribution in [0.2, 0.25) is 0 Å². The van der Waals surface area contributed by atoms with Gasteiger partial charge in [-0.25, -0.2) is 0 Å². The molecule has 0 heterocycles. The lowest BCUT2D eigenvalue weighted by Gasteiger charge is -2.73. The van der Waals surface area contributed by atoms with Crippen molar-refractivity contribution in [1.82, 2.24) is 0 Å². The molecule has 14 atom stereocenters. The molecule has 5 fully saturated rings. The highest BCUT2D eigenvalue weighted by atomic mass is 14.7. The Morgan fingerprint density at radius 1 is 0.703 bits per heavy atom. The topological polar surface area (TPSA) is 0 Å². The molecule has 0 aromatic carbocycles. The van der Waals surface area contributed by atoms with E-state index in [0.29, 0.717) is 16.2 Å². The minimum absolute atomic E-state index is 0.458. The van der Waals surface area contributed by atoms with Crippen LogP contribution in [-0.4, -0.2) is 0 Å². The zero-order valence-corrected chi connectivity index (χ0v) is 27.2. The first-order valence-corrected chi connectivity index (χ1v) is 17.2. The SMILES string of the molecule is CC(C)C1CC(C2CCCC2)C(C)C2C(C)C3C(C)C4(C)C(C)C(C(C)C)C(C)CC4(C)CC3(C)CC12. The summed E-state index contributed by atoms with van der Waals surface area (Å²) in [6.07, 6.45) is 12.1. The largest absolute Gasteiger partial charge is 0.0625 e. The number of hydrogen-bond acceptors (Lipinski definition) is 0. The fourth-order valence-electron chi connectivity index (χ4n) is 14.6. The normalized spacial score (nSPS) is 56.8. The molecule has 214 valence electrons. The Labute approximate surface area is 233 Å². The van der Waals surface area contributed by atoms with Gasteiger partial charge in [0.05, 0.1) is 0 Å². The van der Waals surface area contributed by atoms with E-state index in [1.807, 2.05) is 0 Å².